The van der Waals surface area contributed by atoms with E-state index in [-0.39, 0.29) is 18.4 Å². The van der Waals surface area contributed by atoms with Crippen LogP contribution in [0.3, 0.4) is 0 Å². The second-order valence-corrected chi connectivity index (χ2v) is 6.70. The highest BCUT2D eigenvalue weighted by Crippen LogP contribution is 2.30. The molecule has 0 aromatic heterocycles. The van der Waals surface area contributed by atoms with Crippen molar-refractivity contribution in [3.63, 3.8) is 0 Å². The zero-order chi connectivity index (χ0) is 18.3. The Labute approximate surface area is 150 Å². The number of carboxylic acids is 1. The van der Waals surface area contributed by atoms with Gasteiger partial charge in [0.1, 0.15) is 0 Å². The lowest BCUT2D eigenvalue weighted by molar-refractivity contribution is -0.139. The number of hydrogen-bond acceptors (Lipinski definition) is 3. The lowest BCUT2D eigenvalue weighted by atomic mass is 9.89. The molecule has 26 heavy (non-hydrogen) atoms. The van der Waals surface area contributed by atoms with Gasteiger partial charge in [-0.15, -0.1) is 0 Å². The van der Waals surface area contributed by atoms with Gasteiger partial charge < -0.3 is 15.3 Å². The molecule has 6 heteroatoms. The SMILES string of the molecule is O=C1CCc2cc(C(=O)N3Cc4ccccc4[C@@H](C(=O)O)C3)ccc2N1. The summed E-state index contributed by atoms with van der Waals surface area (Å²) < 4.78 is 0. The Morgan fingerprint density at radius 2 is 1.88 bits per heavy atom. The lowest BCUT2D eigenvalue weighted by Gasteiger charge is -2.33. The van der Waals surface area contributed by atoms with Crippen LogP contribution in [0.15, 0.2) is 42.5 Å². The predicted octanol–water partition coefficient (Wildman–Crippen LogP) is 2.40. The number of nitrogens with one attached hydrogen (secondary N) is 1. The standard InChI is InChI=1S/C20H18N2O4/c23-18-8-6-12-9-13(5-7-17(12)21-18)19(24)22-10-14-3-1-2-4-15(14)16(11-22)20(25)26/h1-5,7,9,16H,6,8,10-11H2,(H,21,23)(H,25,26)/t16-/m0/s1. The van der Waals surface area contributed by atoms with Crippen molar-refractivity contribution in [2.75, 3.05) is 11.9 Å². The Balaban J connectivity index is 1.63. The Morgan fingerprint density at radius 3 is 2.69 bits per heavy atom. The molecule has 2 aromatic carbocycles. The molecule has 0 saturated heterocycles. The maximum atomic E-state index is 13.0. The summed E-state index contributed by atoms with van der Waals surface area (Å²) in [5, 5.41) is 12.4. The first-order valence-electron chi connectivity index (χ1n) is 8.55. The number of fused-ring (bicyclic) bond motifs is 2. The highest BCUT2D eigenvalue weighted by atomic mass is 16.4. The number of carbonyl (C=O) groups excluding carboxylic acids is 2. The van der Waals surface area contributed by atoms with Crippen molar-refractivity contribution in [3.8, 4) is 0 Å². The van der Waals surface area contributed by atoms with Crippen LogP contribution in [0.5, 0.6) is 0 Å². The predicted molar refractivity (Wildman–Crippen MR) is 95.0 cm³/mol. The molecule has 132 valence electrons. The van der Waals surface area contributed by atoms with E-state index in [0.717, 1.165) is 22.4 Å². The summed E-state index contributed by atoms with van der Waals surface area (Å²) in [5.41, 5.74) is 3.83. The van der Waals surface area contributed by atoms with Gasteiger partial charge in [-0.2, -0.15) is 0 Å². The van der Waals surface area contributed by atoms with E-state index in [0.29, 0.717) is 24.9 Å². The Bertz CT molecular complexity index is 922. The van der Waals surface area contributed by atoms with Crippen molar-refractivity contribution >= 4 is 23.5 Å². The van der Waals surface area contributed by atoms with Crippen molar-refractivity contribution < 1.29 is 19.5 Å². The number of aliphatic carboxylic acids is 1. The summed E-state index contributed by atoms with van der Waals surface area (Å²) in [4.78, 5) is 37.7. The number of aryl methyl sites for hydroxylation is 1. The van der Waals surface area contributed by atoms with E-state index < -0.39 is 11.9 Å². The van der Waals surface area contributed by atoms with Gasteiger partial charge in [0, 0.05) is 30.8 Å². The van der Waals surface area contributed by atoms with Crippen molar-refractivity contribution in [2.45, 2.75) is 25.3 Å². The third-order valence-corrected chi connectivity index (χ3v) is 5.03. The molecule has 4 rings (SSSR count). The third kappa shape index (κ3) is 2.83. The number of nitrogens with zero attached hydrogens (tertiary/aromatic N) is 1. The molecule has 0 aliphatic carbocycles. The molecule has 0 bridgehead atoms. The summed E-state index contributed by atoms with van der Waals surface area (Å²) in [6.07, 6.45) is 1.01. The minimum atomic E-state index is -0.928. The van der Waals surface area contributed by atoms with E-state index >= 15 is 0 Å². The first-order valence-corrected chi connectivity index (χ1v) is 8.55. The molecule has 2 heterocycles. The molecule has 6 nitrogen and oxygen atoms in total. The topological polar surface area (TPSA) is 86.7 Å². The number of rotatable bonds is 2. The van der Waals surface area contributed by atoms with E-state index in [4.69, 9.17) is 0 Å². The van der Waals surface area contributed by atoms with Crippen molar-refractivity contribution in [2.24, 2.45) is 0 Å². The van der Waals surface area contributed by atoms with Gasteiger partial charge in [0.15, 0.2) is 0 Å². The molecule has 0 unspecified atom stereocenters. The number of carbonyl (C=O) groups is 3. The van der Waals surface area contributed by atoms with Gasteiger partial charge in [0.2, 0.25) is 5.91 Å². The normalized spacial score (nSPS) is 18.5. The number of carboxylic acid groups (broad SMARTS) is 1. The van der Waals surface area contributed by atoms with Gasteiger partial charge in [0.05, 0.1) is 5.92 Å². The summed E-state index contributed by atoms with van der Waals surface area (Å²) in [6, 6.07) is 12.6. The quantitative estimate of drug-likeness (QED) is 0.871. The number of benzene rings is 2. The van der Waals surface area contributed by atoms with Crippen LogP contribution in [0.2, 0.25) is 0 Å². The molecular weight excluding hydrogens is 332 g/mol. The average molecular weight is 350 g/mol. The van der Waals surface area contributed by atoms with Gasteiger partial charge in [-0.25, -0.2) is 0 Å². The minimum absolute atomic E-state index is 0.0199. The molecular formula is C20H18N2O4. The molecule has 2 aliphatic heterocycles. The smallest absolute Gasteiger partial charge is 0.312 e. The zero-order valence-corrected chi connectivity index (χ0v) is 14.1. The average Bonchev–Trinajstić information content (AvgIpc) is 2.66. The Kier molecular flexibility index (Phi) is 3.95. The summed E-state index contributed by atoms with van der Waals surface area (Å²) in [6.45, 7) is 0.547. The summed E-state index contributed by atoms with van der Waals surface area (Å²) in [5.74, 6) is -1.86. The molecule has 2 aromatic rings. The van der Waals surface area contributed by atoms with Crippen molar-refractivity contribution in [1.82, 2.24) is 4.90 Å². The van der Waals surface area contributed by atoms with E-state index in [1.807, 2.05) is 24.3 Å². The van der Waals surface area contributed by atoms with Gasteiger partial charge >= 0.3 is 5.97 Å². The van der Waals surface area contributed by atoms with Crippen LogP contribution in [-0.2, 0) is 22.6 Å². The fourth-order valence-corrected chi connectivity index (χ4v) is 3.67. The fourth-order valence-electron chi connectivity index (χ4n) is 3.67. The van der Waals surface area contributed by atoms with Gasteiger partial charge in [0.25, 0.3) is 5.91 Å². The molecule has 2 N–H and O–H groups in total. The second kappa shape index (κ2) is 6.29. The largest absolute Gasteiger partial charge is 0.481 e. The Hall–Kier alpha value is -3.15. The summed E-state index contributed by atoms with van der Waals surface area (Å²) in [7, 11) is 0. The zero-order valence-electron chi connectivity index (χ0n) is 14.1. The van der Waals surface area contributed by atoms with E-state index in [2.05, 4.69) is 5.32 Å². The second-order valence-electron chi connectivity index (χ2n) is 6.70. The molecule has 0 saturated carbocycles. The van der Waals surface area contributed by atoms with Gasteiger partial charge in [-0.1, -0.05) is 24.3 Å². The van der Waals surface area contributed by atoms with Crippen molar-refractivity contribution in [3.05, 3.63) is 64.7 Å². The van der Waals surface area contributed by atoms with Crippen LogP contribution in [0, 0.1) is 0 Å². The first-order chi connectivity index (χ1) is 12.5. The van der Waals surface area contributed by atoms with Crippen molar-refractivity contribution in [1.29, 1.82) is 0 Å². The lowest BCUT2D eigenvalue weighted by Crippen LogP contribution is -2.40. The van der Waals surface area contributed by atoms with Gasteiger partial charge in [-0.3, -0.25) is 14.4 Å². The maximum Gasteiger partial charge on any atom is 0.312 e. The molecule has 0 spiro atoms. The minimum Gasteiger partial charge on any atom is -0.481 e. The van der Waals surface area contributed by atoms with Crippen LogP contribution < -0.4 is 5.32 Å². The molecule has 0 fully saturated rings. The molecule has 2 aliphatic rings. The van der Waals surface area contributed by atoms with Crippen LogP contribution in [0.1, 0.15) is 39.4 Å². The van der Waals surface area contributed by atoms with E-state index in [1.165, 1.54) is 0 Å². The molecule has 0 radical (unpaired) electrons. The molecule has 1 atom stereocenters. The first kappa shape index (κ1) is 16.3. The maximum absolute atomic E-state index is 13.0. The van der Waals surface area contributed by atoms with Crippen LogP contribution in [-0.4, -0.2) is 34.3 Å². The summed E-state index contributed by atoms with van der Waals surface area (Å²) >= 11 is 0. The highest BCUT2D eigenvalue weighted by Gasteiger charge is 2.33. The third-order valence-electron chi connectivity index (χ3n) is 5.03. The van der Waals surface area contributed by atoms with E-state index in [9.17, 15) is 19.5 Å². The monoisotopic (exact) mass is 350 g/mol. The number of hydrogen-bond donors (Lipinski definition) is 2. The number of amides is 2. The van der Waals surface area contributed by atoms with Crippen LogP contribution in [0.4, 0.5) is 5.69 Å². The van der Waals surface area contributed by atoms with Crippen LogP contribution >= 0.6 is 0 Å². The fraction of sp³-hybridized carbons (Fsp3) is 0.250. The number of anilines is 1. The van der Waals surface area contributed by atoms with E-state index in [1.54, 1.807) is 23.1 Å². The molecule has 2 amide bonds. The highest BCUT2D eigenvalue weighted by molar-refractivity contribution is 5.98. The van der Waals surface area contributed by atoms with Gasteiger partial charge in [-0.05, 0) is 41.3 Å². The van der Waals surface area contributed by atoms with Crippen LogP contribution in [0.25, 0.3) is 0 Å². The Morgan fingerprint density at radius 1 is 1.08 bits per heavy atom.